The second kappa shape index (κ2) is 14.2. The molecule has 3 aromatic carbocycles. The summed E-state index contributed by atoms with van der Waals surface area (Å²) in [6.45, 7) is 5.73. The van der Waals surface area contributed by atoms with Crippen molar-refractivity contribution in [3.8, 4) is 5.75 Å². The Balaban J connectivity index is 1.35. The van der Waals surface area contributed by atoms with E-state index in [0.29, 0.717) is 63.4 Å². The lowest BCUT2D eigenvalue weighted by atomic mass is 10.1. The minimum Gasteiger partial charge on any atom is -0.496 e. The zero-order valence-corrected chi connectivity index (χ0v) is 23.6. The molecule has 1 aliphatic heterocycles. The quantitative estimate of drug-likeness (QED) is 0.256. The predicted octanol–water partition coefficient (Wildman–Crippen LogP) is 4.45. The van der Waals surface area contributed by atoms with Gasteiger partial charge in [0.15, 0.2) is 0 Å². The first-order chi connectivity index (χ1) is 19.9. The molecule has 0 unspecified atom stereocenters. The molecule has 0 atom stereocenters. The maximum absolute atomic E-state index is 13.3. The number of nitro groups is 1. The number of aryl methyl sites for hydroxylation is 1. The number of piperazine rings is 1. The van der Waals surface area contributed by atoms with Crippen molar-refractivity contribution in [2.45, 2.75) is 13.3 Å². The maximum atomic E-state index is 13.3. The molecule has 0 N–H and O–H groups in total. The fourth-order valence-corrected chi connectivity index (χ4v) is 4.87. The topological polar surface area (TPSA) is 96.2 Å². The SMILES string of the molecule is COc1ccccc1/C=C/CN(CCN1CCN(C(=O)c2ccc(C)c([N+](=O)[O-])c2)CC1)C(=O)Cc1ccccc1. The minimum atomic E-state index is -0.458. The Hall–Kier alpha value is -4.50. The van der Waals surface area contributed by atoms with E-state index >= 15 is 0 Å². The number of ether oxygens (including phenoxy) is 1. The average molecular weight is 557 g/mol. The van der Waals surface area contributed by atoms with Gasteiger partial charge in [-0.25, -0.2) is 0 Å². The molecule has 0 aliphatic carbocycles. The van der Waals surface area contributed by atoms with Crippen LogP contribution in [-0.4, -0.2) is 84.4 Å². The Morgan fingerprint density at radius 3 is 2.41 bits per heavy atom. The molecule has 1 aliphatic rings. The number of carbonyl (C=O) groups is 2. The van der Waals surface area contributed by atoms with Crippen LogP contribution < -0.4 is 4.74 Å². The van der Waals surface area contributed by atoms with Crippen molar-refractivity contribution < 1.29 is 19.2 Å². The minimum absolute atomic E-state index is 0.0468. The van der Waals surface area contributed by atoms with E-state index in [-0.39, 0.29) is 17.5 Å². The highest BCUT2D eigenvalue weighted by Crippen LogP contribution is 2.21. The number of carbonyl (C=O) groups excluding carboxylic acids is 2. The number of amides is 2. The van der Waals surface area contributed by atoms with Gasteiger partial charge in [-0.1, -0.05) is 66.7 Å². The fraction of sp³-hybridized carbons (Fsp3) is 0.312. The molecule has 2 amide bonds. The van der Waals surface area contributed by atoms with Crippen molar-refractivity contribution in [1.82, 2.24) is 14.7 Å². The molecule has 1 saturated heterocycles. The molecular weight excluding hydrogens is 520 g/mol. The number of hydrogen-bond donors (Lipinski definition) is 0. The van der Waals surface area contributed by atoms with Gasteiger partial charge in [0, 0.05) is 68.6 Å². The molecule has 41 heavy (non-hydrogen) atoms. The molecule has 0 saturated carbocycles. The lowest BCUT2D eigenvalue weighted by Gasteiger charge is -2.35. The van der Waals surface area contributed by atoms with Crippen molar-refractivity contribution in [1.29, 1.82) is 0 Å². The molecule has 0 radical (unpaired) electrons. The van der Waals surface area contributed by atoms with E-state index in [1.807, 2.05) is 71.6 Å². The Morgan fingerprint density at radius 2 is 1.71 bits per heavy atom. The number of hydrogen-bond acceptors (Lipinski definition) is 6. The number of rotatable bonds is 11. The van der Waals surface area contributed by atoms with Crippen molar-refractivity contribution in [2.75, 3.05) is 52.9 Å². The van der Waals surface area contributed by atoms with Crippen LogP contribution in [0.3, 0.4) is 0 Å². The van der Waals surface area contributed by atoms with Crippen LogP contribution in [0.1, 0.15) is 27.0 Å². The van der Waals surface area contributed by atoms with E-state index in [9.17, 15) is 19.7 Å². The van der Waals surface area contributed by atoms with Crippen LogP contribution in [0.15, 0.2) is 78.9 Å². The highest BCUT2D eigenvalue weighted by molar-refractivity contribution is 5.95. The van der Waals surface area contributed by atoms with Crippen LogP contribution in [0.2, 0.25) is 0 Å². The second-order valence-corrected chi connectivity index (χ2v) is 10.0. The zero-order valence-electron chi connectivity index (χ0n) is 23.6. The van der Waals surface area contributed by atoms with Crippen LogP contribution in [0, 0.1) is 17.0 Å². The van der Waals surface area contributed by atoms with Crippen LogP contribution >= 0.6 is 0 Å². The Kier molecular flexibility index (Phi) is 10.2. The first-order valence-electron chi connectivity index (χ1n) is 13.7. The van der Waals surface area contributed by atoms with E-state index in [1.54, 1.807) is 31.1 Å². The first kappa shape index (κ1) is 29.5. The van der Waals surface area contributed by atoms with Crippen LogP contribution in [-0.2, 0) is 11.2 Å². The smallest absolute Gasteiger partial charge is 0.273 e. The van der Waals surface area contributed by atoms with Gasteiger partial charge < -0.3 is 14.5 Å². The number of benzene rings is 3. The van der Waals surface area contributed by atoms with Gasteiger partial charge in [0.2, 0.25) is 5.91 Å². The van der Waals surface area contributed by atoms with Gasteiger partial charge in [-0.15, -0.1) is 0 Å². The molecule has 9 heteroatoms. The Morgan fingerprint density at radius 1 is 1.00 bits per heavy atom. The van der Waals surface area contributed by atoms with Gasteiger partial charge in [-0.3, -0.25) is 24.6 Å². The number of methoxy groups -OCH3 is 1. The summed E-state index contributed by atoms with van der Waals surface area (Å²) in [6, 6.07) is 22.1. The van der Waals surface area contributed by atoms with Crippen LogP contribution in [0.4, 0.5) is 5.69 Å². The third kappa shape index (κ3) is 8.02. The maximum Gasteiger partial charge on any atom is 0.273 e. The Bertz CT molecular complexity index is 1380. The summed E-state index contributed by atoms with van der Waals surface area (Å²) in [5.41, 5.74) is 2.73. The van der Waals surface area contributed by atoms with Gasteiger partial charge in [0.25, 0.3) is 11.6 Å². The third-order valence-corrected chi connectivity index (χ3v) is 7.31. The van der Waals surface area contributed by atoms with Crippen molar-refractivity contribution in [3.63, 3.8) is 0 Å². The normalized spacial score (nSPS) is 13.8. The second-order valence-electron chi connectivity index (χ2n) is 10.0. The first-order valence-corrected chi connectivity index (χ1v) is 13.7. The number of para-hydroxylation sites is 1. The van der Waals surface area contributed by atoms with Crippen LogP contribution in [0.25, 0.3) is 6.08 Å². The number of nitrogens with zero attached hydrogens (tertiary/aromatic N) is 4. The molecule has 1 heterocycles. The van der Waals surface area contributed by atoms with E-state index in [2.05, 4.69) is 4.90 Å². The summed E-state index contributed by atoms with van der Waals surface area (Å²) < 4.78 is 5.43. The molecule has 3 aromatic rings. The van der Waals surface area contributed by atoms with Gasteiger partial charge in [0.1, 0.15) is 5.75 Å². The van der Waals surface area contributed by atoms with E-state index < -0.39 is 4.92 Å². The molecule has 1 fully saturated rings. The van der Waals surface area contributed by atoms with Crippen molar-refractivity contribution in [2.24, 2.45) is 0 Å². The highest BCUT2D eigenvalue weighted by Gasteiger charge is 2.24. The standard InChI is InChI=1S/C32H36N4O5/c1-25-14-15-28(24-29(25)36(39)40)32(38)35-21-18-33(19-22-35)17-20-34(31(37)23-26-9-4-3-5-10-26)16-8-12-27-11-6-7-13-30(27)41-2/h3-15,24H,16-23H2,1-2H3/b12-8+. The van der Waals surface area contributed by atoms with Gasteiger partial charge in [-0.05, 0) is 24.6 Å². The lowest BCUT2D eigenvalue weighted by molar-refractivity contribution is -0.385. The predicted molar refractivity (Wildman–Crippen MR) is 159 cm³/mol. The van der Waals surface area contributed by atoms with Crippen LogP contribution in [0.5, 0.6) is 5.75 Å². The number of nitro benzene ring substituents is 1. The van der Waals surface area contributed by atoms with Gasteiger partial charge >= 0.3 is 0 Å². The lowest BCUT2D eigenvalue weighted by Crippen LogP contribution is -2.50. The summed E-state index contributed by atoms with van der Waals surface area (Å²) in [7, 11) is 1.64. The largest absolute Gasteiger partial charge is 0.496 e. The Labute approximate surface area is 240 Å². The summed E-state index contributed by atoms with van der Waals surface area (Å²) in [5.74, 6) is 0.628. The van der Waals surface area contributed by atoms with E-state index in [1.165, 1.54) is 6.07 Å². The third-order valence-electron chi connectivity index (χ3n) is 7.31. The molecule has 0 aromatic heterocycles. The van der Waals surface area contributed by atoms with Crippen molar-refractivity contribution >= 4 is 23.6 Å². The molecule has 214 valence electrons. The summed E-state index contributed by atoms with van der Waals surface area (Å²) in [6.07, 6.45) is 4.29. The van der Waals surface area contributed by atoms with Crippen molar-refractivity contribution in [3.05, 3.63) is 111 Å². The molecule has 9 nitrogen and oxygen atoms in total. The molecule has 0 bridgehead atoms. The van der Waals surface area contributed by atoms with E-state index in [4.69, 9.17) is 4.74 Å². The summed E-state index contributed by atoms with van der Waals surface area (Å²) in [5, 5.41) is 11.3. The summed E-state index contributed by atoms with van der Waals surface area (Å²) >= 11 is 0. The molecular formula is C32H36N4O5. The van der Waals surface area contributed by atoms with Gasteiger partial charge in [0.05, 0.1) is 18.5 Å². The highest BCUT2D eigenvalue weighted by atomic mass is 16.6. The monoisotopic (exact) mass is 556 g/mol. The molecule has 0 spiro atoms. The molecule has 4 rings (SSSR count). The fourth-order valence-electron chi connectivity index (χ4n) is 4.87. The van der Waals surface area contributed by atoms with E-state index in [0.717, 1.165) is 16.9 Å². The zero-order chi connectivity index (χ0) is 29.2. The average Bonchev–Trinajstić information content (AvgIpc) is 2.99. The van der Waals surface area contributed by atoms with Gasteiger partial charge in [-0.2, -0.15) is 0 Å². The summed E-state index contributed by atoms with van der Waals surface area (Å²) in [4.78, 5) is 43.0.